The third-order valence-corrected chi connectivity index (χ3v) is 3.25. The van der Waals surface area contributed by atoms with Gasteiger partial charge in [0.25, 0.3) is 5.91 Å². The molecule has 0 radical (unpaired) electrons. The number of hydrogen-bond donors (Lipinski definition) is 1. The average Bonchev–Trinajstić information content (AvgIpc) is 2.88. The fraction of sp³-hybridized carbons (Fsp3) is 0.333. The van der Waals surface area contributed by atoms with Crippen molar-refractivity contribution in [3.05, 3.63) is 41.8 Å². The molecule has 0 fully saturated rings. The lowest BCUT2D eigenvalue weighted by molar-refractivity contribution is 0.102. The molecule has 1 aromatic carbocycles. The maximum atomic E-state index is 12.0. The lowest BCUT2D eigenvalue weighted by Crippen LogP contribution is -2.21. The van der Waals surface area contributed by atoms with E-state index in [0.717, 1.165) is 24.5 Å². The minimum absolute atomic E-state index is 0.209. The van der Waals surface area contributed by atoms with Crippen molar-refractivity contribution in [3.63, 3.8) is 0 Å². The van der Waals surface area contributed by atoms with Gasteiger partial charge in [-0.2, -0.15) is 0 Å². The highest BCUT2D eigenvalue weighted by Crippen LogP contribution is 2.18. The molecule has 0 aliphatic rings. The van der Waals surface area contributed by atoms with E-state index in [9.17, 15) is 4.79 Å². The van der Waals surface area contributed by atoms with Crippen LogP contribution in [-0.4, -0.2) is 24.2 Å². The number of rotatable bonds is 5. The van der Waals surface area contributed by atoms with Gasteiger partial charge in [0.05, 0.1) is 6.20 Å². The van der Waals surface area contributed by atoms with E-state index < -0.39 is 0 Å². The van der Waals surface area contributed by atoms with Crippen molar-refractivity contribution in [2.45, 2.75) is 20.8 Å². The molecule has 1 N–H and O–H groups in total. The van der Waals surface area contributed by atoms with Gasteiger partial charge in [-0.15, -0.1) is 0 Å². The molecule has 0 unspecified atom stereocenters. The highest BCUT2D eigenvalue weighted by Gasteiger charge is 2.12. The van der Waals surface area contributed by atoms with Crippen LogP contribution in [0.3, 0.4) is 0 Å². The minimum Gasteiger partial charge on any atom is -0.372 e. The van der Waals surface area contributed by atoms with Crippen molar-refractivity contribution >= 4 is 17.3 Å². The molecule has 1 aromatic heterocycles. The Bertz CT molecular complexity index is 571. The number of carbonyl (C=O) groups excluding carboxylic acids is 1. The summed E-state index contributed by atoms with van der Waals surface area (Å²) in [5.41, 5.74) is 2.36. The minimum atomic E-state index is -0.209. The van der Waals surface area contributed by atoms with Crippen molar-refractivity contribution < 1.29 is 9.32 Å². The largest absolute Gasteiger partial charge is 0.372 e. The molecule has 106 valence electrons. The van der Waals surface area contributed by atoms with E-state index in [1.807, 2.05) is 24.3 Å². The fourth-order valence-electron chi connectivity index (χ4n) is 2.06. The quantitative estimate of drug-likeness (QED) is 0.909. The van der Waals surface area contributed by atoms with Crippen LogP contribution >= 0.6 is 0 Å². The smallest absolute Gasteiger partial charge is 0.260 e. The SMILES string of the molecule is CCN(CC)c1ccc(NC(=O)c2cnoc2C)cc1. The van der Waals surface area contributed by atoms with E-state index in [-0.39, 0.29) is 5.91 Å². The Balaban J connectivity index is 2.08. The van der Waals surface area contributed by atoms with Crippen LogP contribution in [0.1, 0.15) is 30.0 Å². The first-order chi connectivity index (χ1) is 9.65. The van der Waals surface area contributed by atoms with Gasteiger partial charge in [0.15, 0.2) is 0 Å². The number of carbonyl (C=O) groups is 1. The molecule has 0 spiro atoms. The molecule has 0 aliphatic heterocycles. The summed E-state index contributed by atoms with van der Waals surface area (Å²) in [5.74, 6) is 0.307. The molecule has 0 atom stereocenters. The van der Waals surface area contributed by atoms with Crippen LogP contribution in [0.5, 0.6) is 0 Å². The normalized spacial score (nSPS) is 10.3. The lowest BCUT2D eigenvalue weighted by atomic mass is 10.2. The number of amides is 1. The molecule has 2 aromatic rings. The molecular formula is C15H19N3O2. The van der Waals surface area contributed by atoms with E-state index >= 15 is 0 Å². The zero-order chi connectivity index (χ0) is 14.5. The number of anilines is 2. The van der Waals surface area contributed by atoms with Gasteiger partial charge in [-0.1, -0.05) is 5.16 Å². The maximum Gasteiger partial charge on any atom is 0.260 e. The maximum absolute atomic E-state index is 12.0. The highest BCUT2D eigenvalue weighted by atomic mass is 16.5. The zero-order valence-electron chi connectivity index (χ0n) is 12.0. The number of hydrogen-bond acceptors (Lipinski definition) is 4. The molecule has 5 nitrogen and oxygen atoms in total. The summed E-state index contributed by atoms with van der Waals surface area (Å²) >= 11 is 0. The van der Waals surface area contributed by atoms with Gasteiger partial charge in [-0.05, 0) is 45.0 Å². The third-order valence-electron chi connectivity index (χ3n) is 3.25. The van der Waals surface area contributed by atoms with E-state index in [0.29, 0.717) is 11.3 Å². The van der Waals surface area contributed by atoms with Crippen LogP contribution in [-0.2, 0) is 0 Å². The van der Waals surface area contributed by atoms with E-state index in [1.54, 1.807) is 6.92 Å². The summed E-state index contributed by atoms with van der Waals surface area (Å²) in [6.45, 7) is 7.87. The topological polar surface area (TPSA) is 58.4 Å². The van der Waals surface area contributed by atoms with Crippen molar-refractivity contribution in [1.29, 1.82) is 0 Å². The fourth-order valence-corrected chi connectivity index (χ4v) is 2.06. The standard InChI is InChI=1S/C15H19N3O2/c1-4-18(5-2)13-8-6-12(7-9-13)17-15(19)14-10-16-20-11(14)3/h6-10H,4-5H2,1-3H3,(H,17,19). The predicted octanol–water partition coefficient (Wildman–Crippen LogP) is 3.08. The van der Waals surface area contributed by atoms with Gasteiger partial charge < -0.3 is 14.7 Å². The lowest BCUT2D eigenvalue weighted by Gasteiger charge is -2.21. The summed E-state index contributed by atoms with van der Waals surface area (Å²) in [6.07, 6.45) is 1.43. The van der Waals surface area contributed by atoms with Crippen LogP contribution in [0, 0.1) is 6.92 Å². The number of nitrogens with one attached hydrogen (secondary N) is 1. The zero-order valence-corrected chi connectivity index (χ0v) is 12.0. The monoisotopic (exact) mass is 273 g/mol. The van der Waals surface area contributed by atoms with E-state index in [4.69, 9.17) is 4.52 Å². The molecule has 5 heteroatoms. The van der Waals surface area contributed by atoms with Gasteiger partial charge in [0.2, 0.25) is 0 Å². The Labute approximate surface area is 118 Å². The summed E-state index contributed by atoms with van der Waals surface area (Å²) < 4.78 is 4.89. The Hall–Kier alpha value is -2.30. The van der Waals surface area contributed by atoms with Crippen LogP contribution in [0.2, 0.25) is 0 Å². The number of aryl methyl sites for hydroxylation is 1. The molecule has 0 saturated carbocycles. The van der Waals surface area contributed by atoms with Crippen LogP contribution in [0.25, 0.3) is 0 Å². The summed E-state index contributed by atoms with van der Waals surface area (Å²) in [4.78, 5) is 14.3. The van der Waals surface area contributed by atoms with E-state index in [2.05, 4.69) is 29.2 Å². The van der Waals surface area contributed by atoms with E-state index in [1.165, 1.54) is 6.20 Å². The molecule has 0 bridgehead atoms. The Morgan fingerprint density at radius 1 is 1.25 bits per heavy atom. The Kier molecular flexibility index (Phi) is 4.40. The second-order valence-corrected chi connectivity index (χ2v) is 4.47. The molecule has 1 heterocycles. The van der Waals surface area contributed by atoms with Gasteiger partial charge in [-0.3, -0.25) is 4.79 Å². The first kappa shape index (κ1) is 14.1. The summed E-state index contributed by atoms with van der Waals surface area (Å²) in [5, 5.41) is 6.43. The first-order valence-corrected chi connectivity index (χ1v) is 6.73. The second-order valence-electron chi connectivity index (χ2n) is 4.47. The second kappa shape index (κ2) is 6.23. The van der Waals surface area contributed by atoms with Crippen LogP contribution in [0.4, 0.5) is 11.4 Å². The Morgan fingerprint density at radius 3 is 2.40 bits per heavy atom. The molecule has 0 saturated heterocycles. The first-order valence-electron chi connectivity index (χ1n) is 6.73. The summed E-state index contributed by atoms with van der Waals surface area (Å²) in [7, 11) is 0. The third kappa shape index (κ3) is 2.99. The molecule has 0 aliphatic carbocycles. The van der Waals surface area contributed by atoms with Crippen molar-refractivity contribution in [1.82, 2.24) is 5.16 Å². The number of aromatic nitrogens is 1. The van der Waals surface area contributed by atoms with Crippen molar-refractivity contribution in [2.24, 2.45) is 0 Å². The molecular weight excluding hydrogens is 254 g/mol. The Morgan fingerprint density at radius 2 is 1.90 bits per heavy atom. The number of benzene rings is 1. The number of nitrogens with zero attached hydrogens (tertiary/aromatic N) is 2. The van der Waals surface area contributed by atoms with Gasteiger partial charge >= 0.3 is 0 Å². The van der Waals surface area contributed by atoms with Gasteiger partial charge in [0, 0.05) is 24.5 Å². The van der Waals surface area contributed by atoms with Crippen molar-refractivity contribution in [2.75, 3.05) is 23.3 Å². The van der Waals surface area contributed by atoms with Gasteiger partial charge in [0.1, 0.15) is 11.3 Å². The highest BCUT2D eigenvalue weighted by molar-refractivity contribution is 6.04. The summed E-state index contributed by atoms with van der Waals surface area (Å²) in [6, 6.07) is 7.80. The molecule has 2 rings (SSSR count). The average molecular weight is 273 g/mol. The van der Waals surface area contributed by atoms with Gasteiger partial charge in [-0.25, -0.2) is 0 Å². The predicted molar refractivity (Wildman–Crippen MR) is 79.2 cm³/mol. The molecule has 1 amide bonds. The van der Waals surface area contributed by atoms with Crippen LogP contribution < -0.4 is 10.2 Å². The van der Waals surface area contributed by atoms with Crippen LogP contribution in [0.15, 0.2) is 35.0 Å². The van der Waals surface area contributed by atoms with Crippen molar-refractivity contribution in [3.8, 4) is 0 Å². The molecule has 20 heavy (non-hydrogen) atoms.